The largest absolute Gasteiger partial charge is 0.395 e. The standard InChI is InChI=1S/C11H22N2O3/c1-10(2)13(3-6-14)9-11(15)12-4-7-16-8-5-12/h10,14H,3-9H2,1-2H3. The fourth-order valence-corrected chi connectivity index (χ4v) is 1.73. The first-order chi connectivity index (χ1) is 7.65. The Hall–Kier alpha value is -0.650. The van der Waals surface area contributed by atoms with Crippen LogP contribution in [0.4, 0.5) is 0 Å². The SMILES string of the molecule is CC(C)N(CCO)CC(=O)N1CCOCC1. The Bertz CT molecular complexity index is 215. The quantitative estimate of drug-likeness (QED) is 0.695. The van der Waals surface area contributed by atoms with Gasteiger partial charge in [-0.1, -0.05) is 0 Å². The van der Waals surface area contributed by atoms with Crippen molar-refractivity contribution in [1.82, 2.24) is 9.80 Å². The Balaban J connectivity index is 2.40. The molecule has 0 spiro atoms. The van der Waals surface area contributed by atoms with Gasteiger partial charge in [-0.15, -0.1) is 0 Å². The number of ether oxygens (including phenoxy) is 1. The number of aliphatic hydroxyl groups excluding tert-OH is 1. The van der Waals surface area contributed by atoms with E-state index >= 15 is 0 Å². The zero-order valence-electron chi connectivity index (χ0n) is 10.2. The molecule has 1 aliphatic rings. The van der Waals surface area contributed by atoms with Gasteiger partial charge in [-0.2, -0.15) is 0 Å². The lowest BCUT2D eigenvalue weighted by atomic mass is 10.3. The highest BCUT2D eigenvalue weighted by molar-refractivity contribution is 5.78. The first kappa shape index (κ1) is 13.4. The van der Waals surface area contributed by atoms with Crippen molar-refractivity contribution in [3.8, 4) is 0 Å². The van der Waals surface area contributed by atoms with Crippen molar-refractivity contribution in [3.05, 3.63) is 0 Å². The molecule has 1 heterocycles. The number of carbonyl (C=O) groups is 1. The summed E-state index contributed by atoms with van der Waals surface area (Å²) in [5, 5.41) is 8.92. The van der Waals surface area contributed by atoms with Crippen molar-refractivity contribution in [1.29, 1.82) is 0 Å². The van der Waals surface area contributed by atoms with Gasteiger partial charge in [0.05, 0.1) is 26.4 Å². The summed E-state index contributed by atoms with van der Waals surface area (Å²) in [7, 11) is 0. The summed E-state index contributed by atoms with van der Waals surface area (Å²) < 4.78 is 5.20. The van der Waals surface area contributed by atoms with Crippen LogP contribution in [0, 0.1) is 0 Å². The van der Waals surface area contributed by atoms with Crippen molar-refractivity contribution >= 4 is 5.91 Å². The van der Waals surface area contributed by atoms with Crippen LogP contribution in [0.15, 0.2) is 0 Å². The minimum absolute atomic E-state index is 0.0918. The van der Waals surface area contributed by atoms with Gasteiger partial charge in [0.2, 0.25) is 5.91 Å². The molecule has 0 aromatic rings. The monoisotopic (exact) mass is 230 g/mol. The molecule has 0 saturated carbocycles. The number of hydrogen-bond donors (Lipinski definition) is 1. The van der Waals surface area contributed by atoms with Crippen molar-refractivity contribution in [2.24, 2.45) is 0 Å². The van der Waals surface area contributed by atoms with E-state index in [0.717, 1.165) is 0 Å². The van der Waals surface area contributed by atoms with Gasteiger partial charge >= 0.3 is 0 Å². The molecule has 94 valence electrons. The van der Waals surface area contributed by atoms with Crippen LogP contribution in [-0.4, -0.2) is 72.9 Å². The molecule has 1 amide bonds. The van der Waals surface area contributed by atoms with E-state index < -0.39 is 0 Å². The van der Waals surface area contributed by atoms with Gasteiger partial charge in [0.25, 0.3) is 0 Å². The maximum Gasteiger partial charge on any atom is 0.236 e. The number of aliphatic hydroxyl groups is 1. The number of nitrogens with zero attached hydrogens (tertiary/aromatic N) is 2. The lowest BCUT2D eigenvalue weighted by molar-refractivity contribution is -0.137. The minimum Gasteiger partial charge on any atom is -0.395 e. The second-order valence-electron chi connectivity index (χ2n) is 4.28. The summed E-state index contributed by atoms with van der Waals surface area (Å²) >= 11 is 0. The van der Waals surface area contributed by atoms with Crippen molar-refractivity contribution in [3.63, 3.8) is 0 Å². The average molecular weight is 230 g/mol. The first-order valence-electron chi connectivity index (χ1n) is 5.85. The highest BCUT2D eigenvalue weighted by Crippen LogP contribution is 2.02. The average Bonchev–Trinajstić information content (AvgIpc) is 2.29. The number of amides is 1. The second-order valence-corrected chi connectivity index (χ2v) is 4.28. The van der Waals surface area contributed by atoms with E-state index in [0.29, 0.717) is 39.4 Å². The number of morpholine rings is 1. The van der Waals surface area contributed by atoms with Crippen molar-refractivity contribution in [2.45, 2.75) is 19.9 Å². The molecule has 1 rings (SSSR count). The predicted octanol–water partition coefficient (Wildman–Crippen LogP) is -0.452. The molecule has 1 N–H and O–H groups in total. The minimum atomic E-state index is 0.0918. The molecule has 0 atom stereocenters. The molecule has 0 unspecified atom stereocenters. The Labute approximate surface area is 97.0 Å². The summed E-state index contributed by atoms with van der Waals surface area (Å²) in [4.78, 5) is 15.7. The number of rotatable bonds is 5. The number of hydrogen-bond acceptors (Lipinski definition) is 4. The van der Waals surface area contributed by atoms with Crippen LogP contribution < -0.4 is 0 Å². The van der Waals surface area contributed by atoms with Crippen LogP contribution in [0.5, 0.6) is 0 Å². The smallest absolute Gasteiger partial charge is 0.236 e. The summed E-state index contributed by atoms with van der Waals surface area (Å²) in [6.45, 7) is 7.72. The molecule has 1 saturated heterocycles. The zero-order chi connectivity index (χ0) is 12.0. The van der Waals surface area contributed by atoms with E-state index in [1.807, 2.05) is 23.6 Å². The summed E-state index contributed by atoms with van der Waals surface area (Å²) in [6, 6.07) is 0.275. The summed E-state index contributed by atoms with van der Waals surface area (Å²) in [5.74, 6) is 0.130. The van der Waals surface area contributed by atoms with E-state index in [9.17, 15) is 4.79 Å². The molecule has 5 nitrogen and oxygen atoms in total. The van der Waals surface area contributed by atoms with E-state index in [1.165, 1.54) is 0 Å². The molecule has 1 fully saturated rings. The van der Waals surface area contributed by atoms with Crippen LogP contribution in [-0.2, 0) is 9.53 Å². The van der Waals surface area contributed by atoms with Crippen LogP contribution in [0.1, 0.15) is 13.8 Å². The molecular weight excluding hydrogens is 208 g/mol. The van der Waals surface area contributed by atoms with Crippen LogP contribution >= 0.6 is 0 Å². The molecule has 0 radical (unpaired) electrons. The molecular formula is C11H22N2O3. The van der Waals surface area contributed by atoms with Gasteiger partial charge in [-0.3, -0.25) is 9.69 Å². The van der Waals surface area contributed by atoms with E-state index in [1.54, 1.807) is 0 Å². The predicted molar refractivity (Wildman–Crippen MR) is 61.2 cm³/mol. The van der Waals surface area contributed by atoms with Crippen LogP contribution in [0.25, 0.3) is 0 Å². The molecule has 16 heavy (non-hydrogen) atoms. The molecule has 5 heteroatoms. The molecule has 0 aliphatic carbocycles. The molecule has 1 aliphatic heterocycles. The topological polar surface area (TPSA) is 53.0 Å². The Kier molecular flexibility index (Phi) is 5.73. The Morgan fingerprint density at radius 3 is 2.56 bits per heavy atom. The number of carbonyl (C=O) groups excluding carboxylic acids is 1. The van der Waals surface area contributed by atoms with Gasteiger partial charge in [0.1, 0.15) is 0 Å². The Morgan fingerprint density at radius 1 is 1.44 bits per heavy atom. The third-order valence-electron chi connectivity index (χ3n) is 2.82. The second kappa shape index (κ2) is 6.83. The van der Waals surface area contributed by atoms with Gasteiger partial charge in [-0.05, 0) is 13.8 Å². The lowest BCUT2D eigenvalue weighted by Crippen LogP contribution is -2.47. The third-order valence-corrected chi connectivity index (χ3v) is 2.82. The van der Waals surface area contributed by atoms with Gasteiger partial charge in [-0.25, -0.2) is 0 Å². The molecule has 0 bridgehead atoms. The maximum absolute atomic E-state index is 11.9. The summed E-state index contributed by atoms with van der Waals surface area (Å²) in [5.41, 5.74) is 0. The highest BCUT2D eigenvalue weighted by atomic mass is 16.5. The van der Waals surface area contributed by atoms with E-state index in [2.05, 4.69) is 0 Å². The van der Waals surface area contributed by atoms with Crippen LogP contribution in [0.3, 0.4) is 0 Å². The van der Waals surface area contributed by atoms with Gasteiger partial charge in [0, 0.05) is 25.7 Å². The molecule has 0 aromatic heterocycles. The summed E-state index contributed by atoms with van der Waals surface area (Å²) in [6.07, 6.45) is 0. The lowest BCUT2D eigenvalue weighted by Gasteiger charge is -2.31. The molecule has 0 aromatic carbocycles. The maximum atomic E-state index is 11.9. The first-order valence-corrected chi connectivity index (χ1v) is 5.85. The normalized spacial score (nSPS) is 17.2. The Morgan fingerprint density at radius 2 is 2.06 bits per heavy atom. The van der Waals surface area contributed by atoms with Gasteiger partial charge in [0.15, 0.2) is 0 Å². The van der Waals surface area contributed by atoms with Crippen molar-refractivity contribution in [2.75, 3.05) is 46.0 Å². The van der Waals surface area contributed by atoms with Gasteiger partial charge < -0.3 is 14.7 Å². The fraction of sp³-hybridized carbons (Fsp3) is 0.909. The fourth-order valence-electron chi connectivity index (χ4n) is 1.73. The third kappa shape index (κ3) is 4.08. The van der Waals surface area contributed by atoms with Crippen LogP contribution in [0.2, 0.25) is 0 Å². The zero-order valence-corrected chi connectivity index (χ0v) is 10.2. The highest BCUT2D eigenvalue weighted by Gasteiger charge is 2.20. The van der Waals surface area contributed by atoms with E-state index in [4.69, 9.17) is 9.84 Å². The van der Waals surface area contributed by atoms with Crippen molar-refractivity contribution < 1.29 is 14.6 Å². The van der Waals surface area contributed by atoms with E-state index in [-0.39, 0.29) is 18.6 Å².